The fourth-order valence-corrected chi connectivity index (χ4v) is 5.22. The molecule has 6 nitrogen and oxygen atoms in total. The van der Waals surface area contributed by atoms with Crippen LogP contribution in [0.2, 0.25) is 0 Å². The number of aryl methyl sites for hydroxylation is 2. The SMILES string of the molecule is CCCCCCCCc1cccc(C(=O)Nc2ccccc2NC(=O)c2cccc(CCCCCCCC)c2O)c1O. The number of para-hydroxylation sites is 4. The van der Waals surface area contributed by atoms with Crippen molar-refractivity contribution in [1.82, 2.24) is 0 Å². The molecule has 0 aromatic heterocycles. The molecule has 0 aliphatic heterocycles. The minimum Gasteiger partial charge on any atom is -0.507 e. The lowest BCUT2D eigenvalue weighted by molar-refractivity contribution is 0.101. The van der Waals surface area contributed by atoms with Gasteiger partial charge < -0.3 is 20.8 Å². The molecule has 3 rings (SSSR count). The second-order valence-corrected chi connectivity index (χ2v) is 11.1. The number of carbonyl (C=O) groups is 2. The van der Waals surface area contributed by atoms with Crippen molar-refractivity contribution in [3.8, 4) is 11.5 Å². The zero-order valence-corrected chi connectivity index (χ0v) is 25.4. The molecule has 0 saturated carbocycles. The first-order valence-electron chi connectivity index (χ1n) is 15.8. The molecule has 0 fully saturated rings. The number of unbranched alkanes of at least 4 members (excludes halogenated alkanes) is 10. The number of rotatable bonds is 18. The van der Waals surface area contributed by atoms with Crippen molar-refractivity contribution in [1.29, 1.82) is 0 Å². The highest BCUT2D eigenvalue weighted by molar-refractivity contribution is 6.11. The summed E-state index contributed by atoms with van der Waals surface area (Å²) in [6.45, 7) is 4.39. The third kappa shape index (κ3) is 9.93. The molecule has 2 amide bonds. The Hall–Kier alpha value is -3.80. The lowest BCUT2D eigenvalue weighted by Crippen LogP contribution is -2.17. The summed E-state index contributed by atoms with van der Waals surface area (Å²) in [6.07, 6.45) is 15.3. The molecule has 6 heteroatoms. The van der Waals surface area contributed by atoms with Gasteiger partial charge in [0, 0.05) is 0 Å². The molecule has 226 valence electrons. The summed E-state index contributed by atoms with van der Waals surface area (Å²) < 4.78 is 0. The normalized spacial score (nSPS) is 10.9. The van der Waals surface area contributed by atoms with Crippen LogP contribution in [0.4, 0.5) is 11.4 Å². The van der Waals surface area contributed by atoms with E-state index in [-0.39, 0.29) is 22.6 Å². The number of hydrogen-bond acceptors (Lipinski definition) is 4. The summed E-state index contributed by atoms with van der Waals surface area (Å²) in [4.78, 5) is 26.4. The van der Waals surface area contributed by atoms with Crippen LogP contribution >= 0.6 is 0 Å². The highest BCUT2D eigenvalue weighted by Gasteiger charge is 2.18. The van der Waals surface area contributed by atoms with Crippen molar-refractivity contribution >= 4 is 23.2 Å². The predicted molar refractivity (Wildman–Crippen MR) is 173 cm³/mol. The van der Waals surface area contributed by atoms with E-state index in [0.717, 1.165) is 36.8 Å². The molecule has 3 aromatic carbocycles. The van der Waals surface area contributed by atoms with Crippen molar-refractivity contribution in [2.45, 2.75) is 104 Å². The Morgan fingerprint density at radius 2 is 0.905 bits per heavy atom. The van der Waals surface area contributed by atoms with Crippen molar-refractivity contribution < 1.29 is 19.8 Å². The zero-order chi connectivity index (χ0) is 30.2. The van der Waals surface area contributed by atoms with Crippen LogP contribution < -0.4 is 10.6 Å². The number of hydrogen-bond donors (Lipinski definition) is 4. The fraction of sp³-hybridized carbons (Fsp3) is 0.444. The third-order valence-corrected chi connectivity index (χ3v) is 7.75. The van der Waals surface area contributed by atoms with Crippen LogP contribution in [0.25, 0.3) is 0 Å². The van der Waals surface area contributed by atoms with Gasteiger partial charge >= 0.3 is 0 Å². The van der Waals surface area contributed by atoms with Gasteiger partial charge in [-0.3, -0.25) is 9.59 Å². The number of amides is 2. The number of phenolic OH excluding ortho intramolecular Hbond substituents is 2. The van der Waals surface area contributed by atoms with Crippen LogP contribution in [-0.2, 0) is 12.8 Å². The smallest absolute Gasteiger partial charge is 0.259 e. The van der Waals surface area contributed by atoms with E-state index >= 15 is 0 Å². The molecule has 0 unspecified atom stereocenters. The maximum Gasteiger partial charge on any atom is 0.259 e. The van der Waals surface area contributed by atoms with Crippen LogP contribution in [-0.4, -0.2) is 22.0 Å². The first kappa shape index (κ1) is 32.7. The van der Waals surface area contributed by atoms with E-state index in [0.29, 0.717) is 24.2 Å². The largest absolute Gasteiger partial charge is 0.507 e. The number of anilines is 2. The van der Waals surface area contributed by atoms with Gasteiger partial charge in [-0.1, -0.05) is 114 Å². The Bertz CT molecular complexity index is 1190. The summed E-state index contributed by atoms with van der Waals surface area (Å²) in [5, 5.41) is 27.4. The first-order valence-corrected chi connectivity index (χ1v) is 15.8. The first-order chi connectivity index (χ1) is 20.5. The van der Waals surface area contributed by atoms with Crippen LogP contribution in [0.5, 0.6) is 11.5 Å². The van der Waals surface area contributed by atoms with Gasteiger partial charge in [-0.2, -0.15) is 0 Å². The molecule has 0 aliphatic rings. The van der Waals surface area contributed by atoms with E-state index in [2.05, 4.69) is 24.5 Å². The number of nitrogens with one attached hydrogen (secondary N) is 2. The van der Waals surface area contributed by atoms with Gasteiger partial charge in [-0.15, -0.1) is 0 Å². The standard InChI is InChI=1S/C36H48N2O4/c1-3-5-7-9-11-13-19-27-21-17-23-29(33(27)39)35(41)37-31-25-15-16-26-32(31)38-36(42)30-24-18-22-28(34(30)40)20-14-12-10-8-6-4-2/h15-18,21-26,39-40H,3-14,19-20H2,1-2H3,(H,37,41)(H,38,42). The van der Waals surface area contributed by atoms with Gasteiger partial charge in [0.1, 0.15) is 11.5 Å². The quantitative estimate of drug-likeness (QED) is 0.114. The average molecular weight is 573 g/mol. The van der Waals surface area contributed by atoms with Gasteiger partial charge in [0.2, 0.25) is 0 Å². The van der Waals surface area contributed by atoms with E-state index in [4.69, 9.17) is 0 Å². The fourth-order valence-electron chi connectivity index (χ4n) is 5.22. The van der Waals surface area contributed by atoms with Crippen molar-refractivity contribution in [2.75, 3.05) is 10.6 Å². The van der Waals surface area contributed by atoms with Crippen LogP contribution in [0, 0.1) is 0 Å². The summed E-state index contributed by atoms with van der Waals surface area (Å²) in [7, 11) is 0. The number of aromatic hydroxyl groups is 2. The molecule has 42 heavy (non-hydrogen) atoms. The number of benzene rings is 3. The van der Waals surface area contributed by atoms with Gasteiger partial charge in [0.05, 0.1) is 22.5 Å². The highest BCUT2D eigenvalue weighted by Crippen LogP contribution is 2.29. The Balaban J connectivity index is 1.64. The van der Waals surface area contributed by atoms with E-state index in [1.807, 2.05) is 12.1 Å². The van der Waals surface area contributed by atoms with E-state index in [9.17, 15) is 19.8 Å². The maximum atomic E-state index is 13.2. The van der Waals surface area contributed by atoms with Crippen LogP contribution in [0.15, 0.2) is 60.7 Å². The molecule has 0 spiro atoms. The molecule has 0 bridgehead atoms. The molecular formula is C36H48N2O4. The topological polar surface area (TPSA) is 98.7 Å². The Morgan fingerprint density at radius 1 is 0.524 bits per heavy atom. The van der Waals surface area contributed by atoms with Gasteiger partial charge in [0.15, 0.2) is 0 Å². The second-order valence-electron chi connectivity index (χ2n) is 11.1. The summed E-state index contributed by atoms with van der Waals surface area (Å²) >= 11 is 0. The van der Waals surface area contributed by atoms with Gasteiger partial charge in [0.25, 0.3) is 11.8 Å². The van der Waals surface area contributed by atoms with Gasteiger partial charge in [-0.25, -0.2) is 0 Å². The summed E-state index contributed by atoms with van der Waals surface area (Å²) in [5.41, 5.74) is 2.71. The zero-order valence-electron chi connectivity index (χ0n) is 25.4. The second kappa shape index (κ2) is 17.9. The minimum absolute atomic E-state index is 0.00262. The van der Waals surface area contributed by atoms with Crippen molar-refractivity contribution in [3.05, 3.63) is 82.9 Å². The molecule has 4 N–H and O–H groups in total. The minimum atomic E-state index is -0.456. The van der Waals surface area contributed by atoms with Crippen LogP contribution in [0.1, 0.15) is 123 Å². The molecule has 3 aromatic rings. The Kier molecular flexibility index (Phi) is 13.9. The number of phenols is 2. The molecule has 0 heterocycles. The maximum absolute atomic E-state index is 13.2. The molecule has 0 radical (unpaired) electrons. The lowest BCUT2D eigenvalue weighted by Gasteiger charge is -2.15. The monoisotopic (exact) mass is 572 g/mol. The highest BCUT2D eigenvalue weighted by atomic mass is 16.3. The average Bonchev–Trinajstić information content (AvgIpc) is 2.99. The predicted octanol–water partition coefficient (Wildman–Crippen LogP) is 9.41. The Morgan fingerprint density at radius 3 is 1.31 bits per heavy atom. The third-order valence-electron chi connectivity index (χ3n) is 7.75. The molecule has 0 saturated heterocycles. The van der Waals surface area contributed by atoms with Crippen molar-refractivity contribution in [3.63, 3.8) is 0 Å². The van der Waals surface area contributed by atoms with E-state index in [1.165, 1.54) is 51.4 Å². The van der Waals surface area contributed by atoms with Crippen molar-refractivity contribution in [2.24, 2.45) is 0 Å². The number of carbonyl (C=O) groups excluding carboxylic acids is 2. The molecule has 0 atom stereocenters. The van der Waals surface area contributed by atoms with Crippen LogP contribution in [0.3, 0.4) is 0 Å². The summed E-state index contributed by atoms with van der Waals surface area (Å²) in [5.74, 6) is -0.917. The van der Waals surface area contributed by atoms with E-state index in [1.54, 1.807) is 48.5 Å². The van der Waals surface area contributed by atoms with Gasteiger partial charge in [-0.05, 0) is 61.1 Å². The molecule has 0 aliphatic carbocycles. The Labute approximate surface area is 251 Å². The molecular weight excluding hydrogens is 524 g/mol. The lowest BCUT2D eigenvalue weighted by atomic mass is 10.0. The summed E-state index contributed by atoms with van der Waals surface area (Å²) in [6, 6.07) is 17.4. The van der Waals surface area contributed by atoms with E-state index < -0.39 is 11.8 Å².